The Hall–Kier alpha value is -2.36. The van der Waals surface area contributed by atoms with Crippen LogP contribution in [-0.4, -0.2) is 12.5 Å². The van der Waals surface area contributed by atoms with Gasteiger partial charge in [0.25, 0.3) is 0 Å². The van der Waals surface area contributed by atoms with Gasteiger partial charge in [0.1, 0.15) is 11.6 Å². The summed E-state index contributed by atoms with van der Waals surface area (Å²) >= 11 is 0. The van der Waals surface area contributed by atoms with Crippen LogP contribution in [0.1, 0.15) is 12.0 Å². The Kier molecular flexibility index (Phi) is 4.71. The largest absolute Gasteiger partial charge is 0.493 e. The van der Waals surface area contributed by atoms with Crippen LogP contribution < -0.4 is 10.1 Å². The van der Waals surface area contributed by atoms with Crippen molar-refractivity contribution in [2.24, 2.45) is 0 Å². The second-order valence-electron chi connectivity index (χ2n) is 4.42. The van der Waals surface area contributed by atoms with E-state index in [-0.39, 0.29) is 18.1 Å². The van der Waals surface area contributed by atoms with Crippen LogP contribution in [0.4, 0.5) is 10.1 Å². The minimum absolute atomic E-state index is 0.162. The van der Waals surface area contributed by atoms with Gasteiger partial charge < -0.3 is 10.1 Å². The summed E-state index contributed by atoms with van der Waals surface area (Å²) in [6.45, 7) is 2.26. The van der Waals surface area contributed by atoms with Gasteiger partial charge in [0.2, 0.25) is 5.91 Å². The van der Waals surface area contributed by atoms with E-state index < -0.39 is 0 Å². The molecule has 3 nitrogen and oxygen atoms in total. The van der Waals surface area contributed by atoms with Gasteiger partial charge in [-0.05, 0) is 42.8 Å². The first kappa shape index (κ1) is 14.1. The van der Waals surface area contributed by atoms with Crippen molar-refractivity contribution in [1.29, 1.82) is 0 Å². The Labute approximate surface area is 117 Å². The van der Waals surface area contributed by atoms with Crippen LogP contribution >= 0.6 is 0 Å². The maximum atomic E-state index is 12.7. The van der Waals surface area contributed by atoms with Crippen molar-refractivity contribution in [2.45, 2.75) is 13.3 Å². The molecule has 0 saturated carbocycles. The molecule has 0 radical (unpaired) electrons. The standard InChI is InChI=1S/C16H16FNO2/c1-12-4-2-3-5-15(12)20-11-10-16(19)18-14-8-6-13(17)7-9-14/h2-9H,10-11H2,1H3,(H,18,19). The molecule has 0 aliphatic rings. The molecular formula is C16H16FNO2. The molecule has 0 saturated heterocycles. The van der Waals surface area contributed by atoms with Gasteiger partial charge in [-0.15, -0.1) is 0 Å². The zero-order valence-electron chi connectivity index (χ0n) is 11.2. The number of ether oxygens (including phenoxy) is 1. The highest BCUT2D eigenvalue weighted by Gasteiger charge is 2.04. The number of benzene rings is 2. The van der Waals surface area contributed by atoms with Crippen molar-refractivity contribution in [3.63, 3.8) is 0 Å². The molecule has 0 aliphatic heterocycles. The van der Waals surface area contributed by atoms with Gasteiger partial charge in [-0.25, -0.2) is 4.39 Å². The molecule has 0 spiro atoms. The Morgan fingerprint density at radius 1 is 1.15 bits per heavy atom. The molecule has 0 aliphatic carbocycles. The topological polar surface area (TPSA) is 38.3 Å². The Morgan fingerprint density at radius 2 is 1.85 bits per heavy atom. The number of carbonyl (C=O) groups is 1. The minimum Gasteiger partial charge on any atom is -0.493 e. The number of carbonyl (C=O) groups excluding carboxylic acids is 1. The Morgan fingerprint density at radius 3 is 2.55 bits per heavy atom. The molecule has 104 valence electrons. The first-order valence-corrected chi connectivity index (χ1v) is 6.39. The number of rotatable bonds is 5. The SMILES string of the molecule is Cc1ccccc1OCCC(=O)Nc1ccc(F)cc1. The fraction of sp³-hybridized carbons (Fsp3) is 0.188. The van der Waals surface area contributed by atoms with Crippen LogP contribution in [0, 0.1) is 12.7 Å². The van der Waals surface area contributed by atoms with Gasteiger partial charge in [-0.3, -0.25) is 4.79 Å². The number of halogens is 1. The highest BCUT2D eigenvalue weighted by molar-refractivity contribution is 5.90. The van der Waals surface area contributed by atoms with Gasteiger partial charge in [0.05, 0.1) is 13.0 Å². The zero-order chi connectivity index (χ0) is 14.4. The van der Waals surface area contributed by atoms with Gasteiger partial charge in [-0.1, -0.05) is 18.2 Å². The number of aryl methyl sites for hydroxylation is 1. The van der Waals surface area contributed by atoms with E-state index in [1.807, 2.05) is 31.2 Å². The number of amides is 1. The highest BCUT2D eigenvalue weighted by atomic mass is 19.1. The van der Waals surface area contributed by atoms with Crippen LogP contribution in [0.3, 0.4) is 0 Å². The van der Waals surface area contributed by atoms with Crippen LogP contribution in [0.2, 0.25) is 0 Å². The predicted octanol–water partition coefficient (Wildman–Crippen LogP) is 3.54. The third-order valence-corrected chi connectivity index (χ3v) is 2.81. The third-order valence-electron chi connectivity index (χ3n) is 2.81. The smallest absolute Gasteiger partial charge is 0.227 e. The maximum Gasteiger partial charge on any atom is 0.227 e. The van der Waals surface area contributed by atoms with E-state index >= 15 is 0 Å². The van der Waals surface area contributed by atoms with Crippen LogP contribution in [0.25, 0.3) is 0 Å². The van der Waals surface area contributed by atoms with Crippen molar-refractivity contribution in [2.75, 3.05) is 11.9 Å². The molecule has 0 bridgehead atoms. The Bertz CT molecular complexity index is 581. The zero-order valence-corrected chi connectivity index (χ0v) is 11.2. The summed E-state index contributed by atoms with van der Waals surface area (Å²) in [6, 6.07) is 13.3. The maximum absolute atomic E-state index is 12.7. The monoisotopic (exact) mass is 273 g/mol. The first-order chi connectivity index (χ1) is 9.65. The lowest BCUT2D eigenvalue weighted by atomic mass is 10.2. The van der Waals surface area contributed by atoms with E-state index in [1.165, 1.54) is 24.3 Å². The second-order valence-corrected chi connectivity index (χ2v) is 4.42. The van der Waals surface area contributed by atoms with E-state index in [9.17, 15) is 9.18 Å². The molecule has 0 aromatic heterocycles. The first-order valence-electron chi connectivity index (χ1n) is 6.39. The Balaban J connectivity index is 1.78. The lowest BCUT2D eigenvalue weighted by Gasteiger charge is -2.09. The second kappa shape index (κ2) is 6.70. The summed E-state index contributed by atoms with van der Waals surface area (Å²) in [5.74, 6) is 0.290. The van der Waals surface area contributed by atoms with E-state index in [2.05, 4.69) is 5.32 Å². The number of hydrogen-bond acceptors (Lipinski definition) is 2. The number of anilines is 1. The van der Waals surface area contributed by atoms with Crippen LogP contribution in [0.15, 0.2) is 48.5 Å². The molecule has 2 rings (SSSR count). The van der Waals surface area contributed by atoms with Crippen molar-refractivity contribution in [3.05, 3.63) is 59.9 Å². The quantitative estimate of drug-likeness (QED) is 0.904. The van der Waals surface area contributed by atoms with E-state index in [1.54, 1.807) is 0 Å². The van der Waals surface area contributed by atoms with Crippen molar-refractivity contribution < 1.29 is 13.9 Å². The fourth-order valence-electron chi connectivity index (χ4n) is 1.73. The third kappa shape index (κ3) is 4.09. The molecule has 20 heavy (non-hydrogen) atoms. The van der Waals surface area contributed by atoms with E-state index in [0.29, 0.717) is 12.3 Å². The fourth-order valence-corrected chi connectivity index (χ4v) is 1.73. The molecule has 0 heterocycles. The molecule has 2 aromatic carbocycles. The number of nitrogens with one attached hydrogen (secondary N) is 1. The minimum atomic E-state index is -0.328. The number of hydrogen-bond donors (Lipinski definition) is 1. The molecular weight excluding hydrogens is 257 g/mol. The number of para-hydroxylation sites is 1. The van der Waals surface area contributed by atoms with Crippen LogP contribution in [-0.2, 0) is 4.79 Å². The highest BCUT2D eigenvalue weighted by Crippen LogP contribution is 2.16. The summed E-state index contributed by atoms with van der Waals surface area (Å²) in [6.07, 6.45) is 0.242. The summed E-state index contributed by atoms with van der Waals surface area (Å²) in [5.41, 5.74) is 1.61. The lowest BCUT2D eigenvalue weighted by molar-refractivity contribution is -0.116. The van der Waals surface area contributed by atoms with Gasteiger partial charge in [0.15, 0.2) is 0 Å². The molecule has 2 aromatic rings. The molecule has 0 fully saturated rings. The van der Waals surface area contributed by atoms with Crippen molar-refractivity contribution in [3.8, 4) is 5.75 Å². The van der Waals surface area contributed by atoms with Crippen molar-refractivity contribution >= 4 is 11.6 Å². The van der Waals surface area contributed by atoms with Crippen LogP contribution in [0.5, 0.6) is 5.75 Å². The van der Waals surface area contributed by atoms with Gasteiger partial charge in [0, 0.05) is 5.69 Å². The average Bonchev–Trinajstić information content (AvgIpc) is 2.43. The molecule has 1 N–H and O–H groups in total. The normalized spacial score (nSPS) is 10.1. The van der Waals surface area contributed by atoms with Crippen molar-refractivity contribution in [1.82, 2.24) is 0 Å². The average molecular weight is 273 g/mol. The summed E-state index contributed by atoms with van der Waals surface area (Å²) < 4.78 is 18.3. The summed E-state index contributed by atoms with van der Waals surface area (Å²) in [7, 11) is 0. The van der Waals surface area contributed by atoms with Gasteiger partial charge in [-0.2, -0.15) is 0 Å². The lowest BCUT2D eigenvalue weighted by Crippen LogP contribution is -2.15. The van der Waals surface area contributed by atoms with Gasteiger partial charge >= 0.3 is 0 Å². The molecule has 1 amide bonds. The summed E-state index contributed by atoms with van der Waals surface area (Å²) in [4.78, 5) is 11.7. The predicted molar refractivity (Wildman–Crippen MR) is 76.3 cm³/mol. The molecule has 0 atom stereocenters. The molecule has 4 heteroatoms. The summed E-state index contributed by atoms with van der Waals surface area (Å²) in [5, 5.41) is 2.68. The van der Waals surface area contributed by atoms with E-state index in [0.717, 1.165) is 11.3 Å². The molecule has 0 unspecified atom stereocenters. The van der Waals surface area contributed by atoms with E-state index in [4.69, 9.17) is 4.74 Å².